The van der Waals surface area contributed by atoms with Crippen molar-refractivity contribution < 1.29 is 19.0 Å². The smallest absolute Gasteiger partial charge is 0.339 e. The highest BCUT2D eigenvalue weighted by atomic mass is 79.9. The SMILES string of the molecule is COC(=O)C(O)c1cc(Br)c(F)c(C(C)C)c1. The zero-order chi connectivity index (χ0) is 13.2. The number of hydrogen-bond acceptors (Lipinski definition) is 3. The average Bonchev–Trinajstić information content (AvgIpc) is 2.30. The minimum atomic E-state index is -1.39. The highest BCUT2D eigenvalue weighted by molar-refractivity contribution is 9.10. The van der Waals surface area contributed by atoms with Crippen molar-refractivity contribution in [3.05, 3.63) is 33.5 Å². The van der Waals surface area contributed by atoms with Gasteiger partial charge in [0.1, 0.15) is 5.82 Å². The Bertz CT molecular complexity index is 432. The number of hydrogen-bond donors (Lipinski definition) is 1. The van der Waals surface area contributed by atoms with Gasteiger partial charge in [0.25, 0.3) is 0 Å². The molecule has 1 aromatic carbocycles. The molecule has 1 aromatic rings. The van der Waals surface area contributed by atoms with E-state index in [1.54, 1.807) is 0 Å². The summed E-state index contributed by atoms with van der Waals surface area (Å²) in [7, 11) is 1.19. The van der Waals surface area contributed by atoms with Crippen molar-refractivity contribution in [2.24, 2.45) is 0 Å². The first-order chi connectivity index (χ1) is 7.88. The molecule has 0 heterocycles. The number of carbonyl (C=O) groups excluding carboxylic acids is 1. The molecule has 17 heavy (non-hydrogen) atoms. The van der Waals surface area contributed by atoms with Crippen LogP contribution in [0.4, 0.5) is 4.39 Å². The van der Waals surface area contributed by atoms with Crippen molar-refractivity contribution in [2.45, 2.75) is 25.9 Å². The molecule has 3 nitrogen and oxygen atoms in total. The maximum Gasteiger partial charge on any atom is 0.339 e. The van der Waals surface area contributed by atoms with Crippen LogP contribution in [0.1, 0.15) is 37.0 Å². The van der Waals surface area contributed by atoms with Gasteiger partial charge in [-0.1, -0.05) is 13.8 Å². The fourth-order valence-electron chi connectivity index (χ4n) is 1.46. The molecule has 5 heteroatoms. The van der Waals surface area contributed by atoms with Gasteiger partial charge in [-0.2, -0.15) is 0 Å². The summed E-state index contributed by atoms with van der Waals surface area (Å²) in [5, 5.41) is 9.69. The van der Waals surface area contributed by atoms with Crippen LogP contribution in [0.3, 0.4) is 0 Å². The summed E-state index contributed by atoms with van der Waals surface area (Å²) in [5.74, 6) is -1.19. The van der Waals surface area contributed by atoms with Crippen LogP contribution in [-0.2, 0) is 9.53 Å². The standard InChI is InChI=1S/C12H14BrFO3/c1-6(2)8-4-7(5-9(13)10(8)14)11(15)12(16)17-3/h4-6,11,15H,1-3H3. The molecule has 0 aliphatic heterocycles. The molecule has 1 atom stereocenters. The van der Waals surface area contributed by atoms with Crippen LogP contribution in [-0.4, -0.2) is 18.2 Å². The van der Waals surface area contributed by atoms with Crippen molar-refractivity contribution in [3.8, 4) is 0 Å². The predicted octanol–water partition coefficient (Wildman–Crippen LogP) is 2.92. The minimum absolute atomic E-state index is 0.0453. The van der Waals surface area contributed by atoms with E-state index in [0.29, 0.717) is 11.1 Å². The van der Waals surface area contributed by atoms with Gasteiger partial charge in [-0.25, -0.2) is 9.18 Å². The van der Waals surface area contributed by atoms with Crippen molar-refractivity contribution in [3.63, 3.8) is 0 Å². The monoisotopic (exact) mass is 304 g/mol. The van der Waals surface area contributed by atoms with Crippen LogP contribution in [0, 0.1) is 5.82 Å². The van der Waals surface area contributed by atoms with Crippen molar-refractivity contribution >= 4 is 21.9 Å². The molecular formula is C12H14BrFO3. The van der Waals surface area contributed by atoms with E-state index >= 15 is 0 Å². The van der Waals surface area contributed by atoms with E-state index in [-0.39, 0.29) is 16.2 Å². The lowest BCUT2D eigenvalue weighted by atomic mass is 9.98. The lowest BCUT2D eigenvalue weighted by Gasteiger charge is -2.14. The fraction of sp³-hybridized carbons (Fsp3) is 0.417. The van der Waals surface area contributed by atoms with E-state index in [1.807, 2.05) is 13.8 Å². The van der Waals surface area contributed by atoms with Gasteiger partial charge in [0, 0.05) is 0 Å². The number of methoxy groups -OCH3 is 1. The zero-order valence-corrected chi connectivity index (χ0v) is 11.4. The maximum atomic E-state index is 13.7. The van der Waals surface area contributed by atoms with E-state index in [2.05, 4.69) is 20.7 Å². The summed E-state index contributed by atoms with van der Waals surface area (Å²) in [6.45, 7) is 3.66. The molecule has 1 unspecified atom stereocenters. The van der Waals surface area contributed by atoms with E-state index in [0.717, 1.165) is 0 Å². The van der Waals surface area contributed by atoms with Crippen LogP contribution in [0.25, 0.3) is 0 Å². The second kappa shape index (κ2) is 5.60. The van der Waals surface area contributed by atoms with Gasteiger partial charge in [0.15, 0.2) is 6.10 Å². The van der Waals surface area contributed by atoms with E-state index in [1.165, 1.54) is 19.2 Å². The Morgan fingerprint density at radius 3 is 2.53 bits per heavy atom. The topological polar surface area (TPSA) is 46.5 Å². The Kier molecular flexibility index (Phi) is 4.65. The molecule has 0 bridgehead atoms. The highest BCUT2D eigenvalue weighted by Crippen LogP contribution is 2.29. The summed E-state index contributed by atoms with van der Waals surface area (Å²) in [6, 6.07) is 2.86. The number of carbonyl (C=O) groups is 1. The maximum absolute atomic E-state index is 13.7. The van der Waals surface area contributed by atoms with E-state index in [4.69, 9.17) is 0 Å². The van der Waals surface area contributed by atoms with Gasteiger partial charge in [0.05, 0.1) is 11.6 Å². The van der Waals surface area contributed by atoms with Crippen LogP contribution >= 0.6 is 15.9 Å². The molecule has 0 spiro atoms. The molecule has 0 aliphatic carbocycles. The normalized spacial score (nSPS) is 12.6. The predicted molar refractivity (Wildman–Crippen MR) is 65.2 cm³/mol. The Hall–Kier alpha value is -0.940. The quantitative estimate of drug-likeness (QED) is 0.873. The van der Waals surface area contributed by atoms with Crippen LogP contribution in [0.2, 0.25) is 0 Å². The number of rotatable bonds is 3. The van der Waals surface area contributed by atoms with Gasteiger partial charge in [-0.15, -0.1) is 0 Å². The molecule has 0 aromatic heterocycles. The fourth-order valence-corrected chi connectivity index (χ4v) is 1.95. The molecule has 1 rings (SSSR count). The number of aliphatic hydroxyl groups excluding tert-OH is 1. The van der Waals surface area contributed by atoms with Crippen LogP contribution in [0.15, 0.2) is 16.6 Å². The van der Waals surface area contributed by atoms with Crippen LogP contribution < -0.4 is 0 Å². The third kappa shape index (κ3) is 3.04. The van der Waals surface area contributed by atoms with Gasteiger partial charge >= 0.3 is 5.97 Å². The lowest BCUT2D eigenvalue weighted by molar-refractivity contribution is -0.150. The average molecular weight is 305 g/mol. The van der Waals surface area contributed by atoms with Gasteiger partial charge in [0.2, 0.25) is 0 Å². The lowest BCUT2D eigenvalue weighted by Crippen LogP contribution is -2.14. The molecule has 0 amide bonds. The number of halogens is 2. The first kappa shape index (κ1) is 14.1. The molecule has 0 saturated carbocycles. The summed E-state index contributed by atoms with van der Waals surface area (Å²) < 4.78 is 18.4. The number of esters is 1. The molecule has 0 radical (unpaired) electrons. The Morgan fingerprint density at radius 1 is 1.47 bits per heavy atom. The van der Waals surface area contributed by atoms with Gasteiger partial charge < -0.3 is 9.84 Å². The summed E-state index contributed by atoms with van der Waals surface area (Å²) in [5.41, 5.74) is 0.756. The second-order valence-electron chi connectivity index (χ2n) is 3.99. The van der Waals surface area contributed by atoms with Crippen molar-refractivity contribution in [1.82, 2.24) is 0 Å². The molecule has 0 aliphatic rings. The molecule has 0 fully saturated rings. The Labute approximate surface area is 108 Å². The number of benzene rings is 1. The third-order valence-corrected chi connectivity index (χ3v) is 3.02. The van der Waals surface area contributed by atoms with Crippen molar-refractivity contribution in [1.29, 1.82) is 0 Å². The van der Waals surface area contributed by atoms with E-state index in [9.17, 15) is 14.3 Å². The first-order valence-electron chi connectivity index (χ1n) is 5.13. The summed E-state index contributed by atoms with van der Waals surface area (Å²) in [4.78, 5) is 11.2. The van der Waals surface area contributed by atoms with Crippen LogP contribution in [0.5, 0.6) is 0 Å². The number of ether oxygens (including phenoxy) is 1. The van der Waals surface area contributed by atoms with E-state index < -0.39 is 12.1 Å². The Balaban J connectivity index is 3.23. The summed E-state index contributed by atoms with van der Waals surface area (Å²) in [6.07, 6.45) is -1.39. The van der Waals surface area contributed by atoms with Crippen molar-refractivity contribution in [2.75, 3.05) is 7.11 Å². The molecular weight excluding hydrogens is 291 g/mol. The molecule has 94 valence electrons. The third-order valence-electron chi connectivity index (χ3n) is 2.44. The first-order valence-corrected chi connectivity index (χ1v) is 5.92. The minimum Gasteiger partial charge on any atom is -0.467 e. The zero-order valence-electron chi connectivity index (χ0n) is 9.83. The van der Waals surface area contributed by atoms with Gasteiger partial charge in [-0.05, 0) is 45.1 Å². The number of aliphatic hydroxyl groups is 1. The van der Waals surface area contributed by atoms with Gasteiger partial charge in [-0.3, -0.25) is 0 Å². The summed E-state index contributed by atoms with van der Waals surface area (Å²) >= 11 is 3.07. The Morgan fingerprint density at radius 2 is 2.06 bits per heavy atom. The highest BCUT2D eigenvalue weighted by Gasteiger charge is 2.21. The molecule has 1 N–H and O–H groups in total. The molecule has 0 saturated heterocycles. The largest absolute Gasteiger partial charge is 0.467 e. The second-order valence-corrected chi connectivity index (χ2v) is 4.84.